The predicted molar refractivity (Wildman–Crippen MR) is 167 cm³/mol. The van der Waals surface area contributed by atoms with Crippen molar-refractivity contribution < 1.29 is 27.5 Å². The quantitative estimate of drug-likeness (QED) is 0.291. The zero-order valence-electron chi connectivity index (χ0n) is 25.3. The normalized spacial score (nSPS) is 14.1. The first-order valence-corrected chi connectivity index (χ1v) is 16.1. The Labute approximate surface area is 254 Å². The zero-order valence-corrected chi connectivity index (χ0v) is 26.1. The van der Waals surface area contributed by atoms with Crippen molar-refractivity contribution >= 4 is 27.5 Å². The lowest BCUT2D eigenvalue weighted by Gasteiger charge is -2.34. The van der Waals surface area contributed by atoms with Crippen LogP contribution < -0.4 is 19.1 Å². The van der Waals surface area contributed by atoms with Crippen molar-refractivity contribution in [3.63, 3.8) is 0 Å². The summed E-state index contributed by atoms with van der Waals surface area (Å²) in [6.45, 7) is 3.44. The second-order valence-corrected chi connectivity index (χ2v) is 12.6. The van der Waals surface area contributed by atoms with Crippen molar-refractivity contribution in [3.8, 4) is 11.5 Å². The van der Waals surface area contributed by atoms with E-state index in [1.54, 1.807) is 36.4 Å². The van der Waals surface area contributed by atoms with E-state index in [9.17, 15) is 18.0 Å². The largest absolute Gasteiger partial charge is 0.497 e. The number of amides is 2. The minimum Gasteiger partial charge on any atom is -0.497 e. The van der Waals surface area contributed by atoms with Crippen LogP contribution in [0.4, 0.5) is 5.69 Å². The molecule has 1 atom stereocenters. The first kappa shape index (κ1) is 31.9. The number of para-hydroxylation sites is 2. The van der Waals surface area contributed by atoms with Crippen molar-refractivity contribution in [1.29, 1.82) is 0 Å². The Hall–Kier alpha value is -4.05. The number of benzene rings is 3. The van der Waals surface area contributed by atoms with Crippen LogP contribution in [0.1, 0.15) is 50.2 Å². The van der Waals surface area contributed by atoms with Gasteiger partial charge in [0.2, 0.25) is 11.8 Å². The fraction of sp³-hybridized carbons (Fsp3) is 0.394. The SMILES string of the molecule is CC[C@H](C(=O)NC1CCCC1)N(Cc1ccccc1C)C(=O)CN(c1ccccc1OC)S(=O)(=O)c1ccc(OC)cc1. The molecule has 230 valence electrons. The molecule has 10 heteroatoms. The number of carbonyl (C=O) groups is 2. The molecule has 1 aliphatic carbocycles. The fourth-order valence-electron chi connectivity index (χ4n) is 5.48. The molecule has 0 heterocycles. The van der Waals surface area contributed by atoms with Gasteiger partial charge in [0, 0.05) is 12.6 Å². The molecule has 0 aliphatic heterocycles. The number of nitrogens with one attached hydrogen (secondary N) is 1. The molecule has 0 aromatic heterocycles. The molecule has 9 nitrogen and oxygen atoms in total. The maximum atomic E-state index is 14.3. The highest BCUT2D eigenvalue weighted by Crippen LogP contribution is 2.33. The van der Waals surface area contributed by atoms with Crippen LogP contribution in [0.5, 0.6) is 11.5 Å². The van der Waals surface area contributed by atoms with Crippen LogP contribution in [0.15, 0.2) is 77.7 Å². The molecule has 4 rings (SSSR count). The molecule has 1 saturated carbocycles. The Morgan fingerprint density at radius 1 is 0.930 bits per heavy atom. The van der Waals surface area contributed by atoms with Crippen molar-refractivity contribution in [3.05, 3.63) is 83.9 Å². The lowest BCUT2D eigenvalue weighted by molar-refractivity contribution is -0.140. The van der Waals surface area contributed by atoms with Gasteiger partial charge in [-0.2, -0.15) is 0 Å². The van der Waals surface area contributed by atoms with Crippen LogP contribution >= 0.6 is 0 Å². The Morgan fingerprint density at radius 3 is 2.21 bits per heavy atom. The first-order valence-electron chi connectivity index (χ1n) is 14.6. The van der Waals surface area contributed by atoms with Crippen molar-refractivity contribution in [1.82, 2.24) is 10.2 Å². The molecule has 1 N–H and O–H groups in total. The summed E-state index contributed by atoms with van der Waals surface area (Å²) in [5, 5.41) is 3.14. The van der Waals surface area contributed by atoms with Gasteiger partial charge in [-0.3, -0.25) is 13.9 Å². The minimum atomic E-state index is -4.24. The van der Waals surface area contributed by atoms with Gasteiger partial charge in [0.1, 0.15) is 24.1 Å². The number of carbonyl (C=O) groups excluding carboxylic acids is 2. The van der Waals surface area contributed by atoms with E-state index in [1.165, 1.54) is 31.3 Å². The van der Waals surface area contributed by atoms with Gasteiger partial charge >= 0.3 is 0 Å². The van der Waals surface area contributed by atoms with Crippen molar-refractivity contribution in [2.24, 2.45) is 0 Å². The van der Waals surface area contributed by atoms with Crippen LogP contribution in [0.25, 0.3) is 0 Å². The maximum Gasteiger partial charge on any atom is 0.264 e. The number of ether oxygens (including phenoxy) is 2. The number of hydrogen-bond donors (Lipinski definition) is 1. The van der Waals surface area contributed by atoms with Gasteiger partial charge in [-0.05, 0) is 73.7 Å². The molecular weight excluding hydrogens is 566 g/mol. The summed E-state index contributed by atoms with van der Waals surface area (Å²) < 4.78 is 40.1. The number of sulfonamides is 1. The Kier molecular flexibility index (Phi) is 10.7. The molecule has 0 spiro atoms. The Balaban J connectivity index is 1.75. The van der Waals surface area contributed by atoms with Gasteiger partial charge in [0.15, 0.2) is 0 Å². The molecule has 43 heavy (non-hydrogen) atoms. The molecule has 0 bridgehead atoms. The van der Waals surface area contributed by atoms with Gasteiger partial charge in [0.25, 0.3) is 10.0 Å². The van der Waals surface area contributed by atoms with Crippen molar-refractivity contribution in [2.75, 3.05) is 25.1 Å². The maximum absolute atomic E-state index is 14.3. The minimum absolute atomic E-state index is 0.0107. The predicted octanol–water partition coefficient (Wildman–Crippen LogP) is 5.07. The number of hydrogen-bond acceptors (Lipinski definition) is 6. The monoisotopic (exact) mass is 607 g/mol. The first-order chi connectivity index (χ1) is 20.7. The summed E-state index contributed by atoms with van der Waals surface area (Å²) in [5.41, 5.74) is 2.07. The summed E-state index contributed by atoms with van der Waals surface area (Å²) in [6, 6.07) is 19.6. The molecule has 0 saturated heterocycles. The van der Waals surface area contributed by atoms with Crippen molar-refractivity contribution in [2.45, 2.75) is 69.5 Å². The number of nitrogens with zero attached hydrogens (tertiary/aromatic N) is 2. The third-order valence-electron chi connectivity index (χ3n) is 7.97. The van der Waals surface area contributed by atoms with Gasteiger partial charge in [-0.15, -0.1) is 0 Å². The number of methoxy groups -OCH3 is 2. The molecule has 1 fully saturated rings. The molecule has 0 unspecified atom stereocenters. The van der Waals surface area contributed by atoms with E-state index < -0.39 is 28.5 Å². The summed E-state index contributed by atoms with van der Waals surface area (Å²) in [7, 11) is -1.30. The van der Waals surface area contributed by atoms with E-state index in [4.69, 9.17) is 9.47 Å². The third kappa shape index (κ3) is 7.48. The Bertz CT molecular complexity index is 1500. The van der Waals surface area contributed by atoms with Crippen LogP contribution in [0.2, 0.25) is 0 Å². The topological polar surface area (TPSA) is 105 Å². The highest BCUT2D eigenvalue weighted by atomic mass is 32.2. The molecular formula is C33H41N3O6S. The van der Waals surface area contributed by atoms with Gasteiger partial charge < -0.3 is 19.7 Å². The summed E-state index contributed by atoms with van der Waals surface area (Å²) in [6.07, 6.45) is 4.32. The molecule has 2 amide bonds. The standard InChI is InChI=1S/C33H41N3O6S/c1-5-29(33(38)34-26-14-8-9-15-26)35(22-25-13-7-6-12-24(25)2)32(37)23-36(30-16-10-11-17-31(30)42-4)43(39,40)28-20-18-27(41-3)19-21-28/h6-7,10-13,16-21,26,29H,5,8-9,14-15,22-23H2,1-4H3,(H,34,38)/t29-/m1/s1. The van der Waals surface area contributed by atoms with Gasteiger partial charge in [-0.1, -0.05) is 56.2 Å². The van der Waals surface area contributed by atoms with Crippen LogP contribution in [-0.2, 0) is 26.2 Å². The highest BCUT2D eigenvalue weighted by Gasteiger charge is 2.35. The van der Waals surface area contributed by atoms with E-state index in [0.717, 1.165) is 41.1 Å². The number of rotatable bonds is 13. The average Bonchev–Trinajstić information content (AvgIpc) is 3.53. The van der Waals surface area contributed by atoms with E-state index in [2.05, 4.69) is 5.32 Å². The molecule has 1 aliphatic rings. The van der Waals surface area contributed by atoms with Gasteiger partial charge in [0.05, 0.1) is 24.8 Å². The van der Waals surface area contributed by atoms with E-state index in [0.29, 0.717) is 17.9 Å². The number of aryl methyl sites for hydroxylation is 1. The second kappa shape index (κ2) is 14.4. The molecule has 0 radical (unpaired) electrons. The summed E-state index contributed by atoms with van der Waals surface area (Å²) >= 11 is 0. The molecule has 3 aromatic rings. The van der Waals surface area contributed by atoms with E-state index in [1.807, 2.05) is 38.1 Å². The van der Waals surface area contributed by atoms with E-state index >= 15 is 0 Å². The Morgan fingerprint density at radius 2 is 1.58 bits per heavy atom. The van der Waals surface area contributed by atoms with Crippen LogP contribution in [-0.4, -0.2) is 58.0 Å². The average molecular weight is 608 g/mol. The molecule has 3 aromatic carbocycles. The summed E-state index contributed by atoms with van der Waals surface area (Å²) in [5.74, 6) is 0.0732. The fourth-order valence-corrected chi connectivity index (χ4v) is 6.91. The van der Waals surface area contributed by atoms with Crippen LogP contribution in [0.3, 0.4) is 0 Å². The smallest absolute Gasteiger partial charge is 0.264 e. The van der Waals surface area contributed by atoms with Crippen LogP contribution in [0, 0.1) is 6.92 Å². The summed E-state index contributed by atoms with van der Waals surface area (Å²) in [4.78, 5) is 29.5. The zero-order chi connectivity index (χ0) is 31.0. The highest BCUT2D eigenvalue weighted by molar-refractivity contribution is 7.92. The lowest BCUT2D eigenvalue weighted by atomic mass is 10.1. The second-order valence-electron chi connectivity index (χ2n) is 10.7. The van der Waals surface area contributed by atoms with Gasteiger partial charge in [-0.25, -0.2) is 8.42 Å². The third-order valence-corrected chi connectivity index (χ3v) is 9.74. The van der Waals surface area contributed by atoms with E-state index in [-0.39, 0.29) is 29.1 Å². The number of anilines is 1. The lowest BCUT2D eigenvalue weighted by Crippen LogP contribution is -2.53.